The van der Waals surface area contributed by atoms with Crippen LogP contribution in [0, 0.1) is 0 Å². The van der Waals surface area contributed by atoms with Gasteiger partial charge in [-0.25, -0.2) is 0 Å². The second-order valence-corrected chi connectivity index (χ2v) is 5.24. The van der Waals surface area contributed by atoms with Crippen molar-refractivity contribution >= 4 is 35.8 Å². The van der Waals surface area contributed by atoms with Gasteiger partial charge < -0.3 is 25.0 Å². The van der Waals surface area contributed by atoms with Crippen molar-refractivity contribution in [2.75, 3.05) is 47.4 Å². The van der Waals surface area contributed by atoms with Crippen molar-refractivity contribution in [2.24, 2.45) is 4.99 Å². The molecule has 0 spiro atoms. The first-order valence-corrected chi connectivity index (χ1v) is 7.77. The SMILES string of the molecule is CN=C(NCCOc1ccc(OC)cc1)NCC(=O)N(C)CC(F)(F)F.I. The fourth-order valence-corrected chi connectivity index (χ4v) is 1.88. The number of alkyl halides is 3. The van der Waals surface area contributed by atoms with Gasteiger partial charge >= 0.3 is 6.18 Å². The Labute approximate surface area is 173 Å². The van der Waals surface area contributed by atoms with Crippen LogP contribution in [0.5, 0.6) is 11.5 Å². The number of benzene rings is 1. The van der Waals surface area contributed by atoms with Crippen molar-refractivity contribution in [2.45, 2.75) is 6.18 Å². The van der Waals surface area contributed by atoms with Crippen LogP contribution in [0.25, 0.3) is 0 Å². The maximum absolute atomic E-state index is 12.2. The molecule has 0 heterocycles. The number of hydrogen-bond acceptors (Lipinski definition) is 4. The molecule has 0 fully saturated rings. The summed E-state index contributed by atoms with van der Waals surface area (Å²) < 4.78 is 47.3. The highest BCUT2D eigenvalue weighted by Gasteiger charge is 2.31. The Morgan fingerprint density at radius 2 is 1.78 bits per heavy atom. The molecule has 0 saturated heterocycles. The summed E-state index contributed by atoms with van der Waals surface area (Å²) in [5, 5.41) is 5.56. The van der Waals surface area contributed by atoms with Crippen LogP contribution in [-0.2, 0) is 4.79 Å². The normalized spacial score (nSPS) is 11.3. The van der Waals surface area contributed by atoms with Crippen LogP contribution >= 0.6 is 24.0 Å². The Kier molecular flexibility index (Phi) is 11.6. The number of nitrogens with one attached hydrogen (secondary N) is 2. The number of hydrogen-bond donors (Lipinski definition) is 2. The van der Waals surface area contributed by atoms with Gasteiger partial charge in [0.05, 0.1) is 20.2 Å². The molecule has 1 amide bonds. The summed E-state index contributed by atoms with van der Waals surface area (Å²) >= 11 is 0. The zero-order chi connectivity index (χ0) is 19.6. The Morgan fingerprint density at radius 1 is 1.19 bits per heavy atom. The monoisotopic (exact) mass is 504 g/mol. The molecule has 1 aromatic rings. The summed E-state index contributed by atoms with van der Waals surface area (Å²) in [6, 6.07) is 7.07. The molecule has 0 unspecified atom stereocenters. The van der Waals surface area contributed by atoms with Crippen molar-refractivity contribution in [3.05, 3.63) is 24.3 Å². The van der Waals surface area contributed by atoms with Gasteiger partial charge in [0.25, 0.3) is 0 Å². The number of carbonyl (C=O) groups excluding carboxylic acids is 1. The first kappa shape index (κ1) is 25.1. The summed E-state index contributed by atoms with van der Waals surface area (Å²) in [6.45, 7) is -0.881. The minimum atomic E-state index is -4.43. The number of ether oxygens (including phenoxy) is 2. The van der Waals surface area contributed by atoms with E-state index < -0.39 is 18.6 Å². The summed E-state index contributed by atoms with van der Waals surface area (Å²) in [6.07, 6.45) is -4.43. The fraction of sp³-hybridized carbons (Fsp3) is 0.500. The molecule has 0 aliphatic heterocycles. The van der Waals surface area contributed by atoms with E-state index in [0.29, 0.717) is 23.8 Å². The van der Waals surface area contributed by atoms with Crippen LogP contribution in [-0.4, -0.2) is 70.4 Å². The van der Waals surface area contributed by atoms with E-state index in [9.17, 15) is 18.0 Å². The molecule has 7 nitrogen and oxygen atoms in total. The molecule has 1 aromatic carbocycles. The van der Waals surface area contributed by atoms with Crippen molar-refractivity contribution in [1.29, 1.82) is 0 Å². The predicted molar refractivity (Wildman–Crippen MR) is 107 cm³/mol. The zero-order valence-electron chi connectivity index (χ0n) is 15.3. The number of guanidine groups is 1. The summed E-state index contributed by atoms with van der Waals surface area (Å²) in [4.78, 5) is 16.1. The highest BCUT2D eigenvalue weighted by Crippen LogP contribution is 2.16. The van der Waals surface area contributed by atoms with E-state index in [1.165, 1.54) is 7.05 Å². The highest BCUT2D eigenvalue weighted by atomic mass is 127. The summed E-state index contributed by atoms with van der Waals surface area (Å²) in [7, 11) is 4.16. The number of nitrogens with zero attached hydrogens (tertiary/aromatic N) is 2. The van der Waals surface area contributed by atoms with Gasteiger partial charge in [0.2, 0.25) is 5.91 Å². The quantitative estimate of drug-likeness (QED) is 0.245. The van der Waals surface area contributed by atoms with E-state index in [-0.39, 0.29) is 36.5 Å². The molecule has 1 rings (SSSR count). The number of methoxy groups -OCH3 is 1. The smallest absolute Gasteiger partial charge is 0.406 e. The van der Waals surface area contributed by atoms with Crippen LogP contribution in [0.4, 0.5) is 13.2 Å². The van der Waals surface area contributed by atoms with Crippen molar-refractivity contribution in [1.82, 2.24) is 15.5 Å². The highest BCUT2D eigenvalue weighted by molar-refractivity contribution is 14.0. The number of amides is 1. The zero-order valence-corrected chi connectivity index (χ0v) is 17.6. The van der Waals surface area contributed by atoms with E-state index in [2.05, 4.69) is 15.6 Å². The molecule has 0 aliphatic rings. The van der Waals surface area contributed by atoms with Crippen LogP contribution in [0.3, 0.4) is 0 Å². The van der Waals surface area contributed by atoms with E-state index in [4.69, 9.17) is 9.47 Å². The minimum absolute atomic E-state index is 0. The number of rotatable bonds is 8. The topological polar surface area (TPSA) is 75.2 Å². The molecule has 154 valence electrons. The van der Waals surface area contributed by atoms with Crippen LogP contribution in [0.15, 0.2) is 29.3 Å². The lowest BCUT2D eigenvalue weighted by Gasteiger charge is -2.20. The number of likely N-dealkylation sites (N-methyl/N-ethyl adjacent to an activating group) is 1. The Hall–Kier alpha value is -1.92. The van der Waals surface area contributed by atoms with Gasteiger partial charge in [-0.2, -0.15) is 13.2 Å². The minimum Gasteiger partial charge on any atom is -0.497 e. The Balaban J connectivity index is 0.00000676. The molecular formula is C16H24F3IN4O3. The first-order chi connectivity index (χ1) is 12.2. The van der Waals surface area contributed by atoms with Gasteiger partial charge in [0.15, 0.2) is 5.96 Å². The molecule has 0 bridgehead atoms. The van der Waals surface area contributed by atoms with Crippen molar-refractivity contribution in [3.8, 4) is 11.5 Å². The second kappa shape index (κ2) is 12.5. The first-order valence-electron chi connectivity index (χ1n) is 7.77. The molecule has 2 N–H and O–H groups in total. The molecule has 0 radical (unpaired) electrons. The lowest BCUT2D eigenvalue weighted by atomic mass is 10.3. The largest absolute Gasteiger partial charge is 0.497 e. The molecule has 0 aliphatic carbocycles. The van der Waals surface area contributed by atoms with Gasteiger partial charge in [0, 0.05) is 14.1 Å². The lowest BCUT2D eigenvalue weighted by molar-refractivity contribution is -0.157. The van der Waals surface area contributed by atoms with E-state index in [1.54, 1.807) is 31.4 Å². The standard InChI is InChI=1S/C16H23F3N4O3.HI/c1-20-15(22-10-14(24)23(2)11-16(17,18)19)21-8-9-26-13-6-4-12(25-3)5-7-13;/h4-7H,8-11H2,1-3H3,(H2,20,21,22);1H. The summed E-state index contributed by atoms with van der Waals surface area (Å²) in [5.74, 6) is 0.983. The number of halogens is 4. The van der Waals surface area contributed by atoms with Gasteiger partial charge in [-0.15, -0.1) is 24.0 Å². The third-order valence-corrected chi connectivity index (χ3v) is 3.20. The van der Waals surface area contributed by atoms with E-state index >= 15 is 0 Å². The van der Waals surface area contributed by atoms with Gasteiger partial charge in [-0.3, -0.25) is 9.79 Å². The van der Waals surface area contributed by atoms with Crippen LogP contribution in [0.2, 0.25) is 0 Å². The molecule has 27 heavy (non-hydrogen) atoms. The second-order valence-electron chi connectivity index (χ2n) is 5.24. The van der Waals surface area contributed by atoms with Crippen LogP contribution < -0.4 is 20.1 Å². The Morgan fingerprint density at radius 3 is 2.30 bits per heavy atom. The van der Waals surface area contributed by atoms with Gasteiger partial charge in [-0.1, -0.05) is 0 Å². The predicted octanol–water partition coefficient (Wildman–Crippen LogP) is 1.88. The molecule has 11 heteroatoms. The van der Waals surface area contributed by atoms with E-state index in [0.717, 1.165) is 12.8 Å². The number of carbonyl (C=O) groups is 1. The van der Waals surface area contributed by atoms with Gasteiger partial charge in [-0.05, 0) is 24.3 Å². The molecular weight excluding hydrogens is 480 g/mol. The third-order valence-electron chi connectivity index (χ3n) is 3.20. The molecule has 0 saturated carbocycles. The van der Waals surface area contributed by atoms with Crippen LogP contribution in [0.1, 0.15) is 0 Å². The van der Waals surface area contributed by atoms with Crippen molar-refractivity contribution in [3.63, 3.8) is 0 Å². The molecule has 0 atom stereocenters. The number of aliphatic imine (C=N–C) groups is 1. The average molecular weight is 504 g/mol. The maximum Gasteiger partial charge on any atom is 0.406 e. The average Bonchev–Trinajstić information content (AvgIpc) is 2.59. The molecule has 0 aromatic heterocycles. The van der Waals surface area contributed by atoms with Crippen molar-refractivity contribution < 1.29 is 27.4 Å². The summed E-state index contributed by atoms with van der Waals surface area (Å²) in [5.41, 5.74) is 0. The third kappa shape index (κ3) is 10.7. The van der Waals surface area contributed by atoms with Gasteiger partial charge in [0.1, 0.15) is 24.7 Å². The van der Waals surface area contributed by atoms with E-state index in [1.807, 2.05) is 0 Å². The Bertz CT molecular complexity index is 598. The fourth-order valence-electron chi connectivity index (χ4n) is 1.88. The lowest BCUT2D eigenvalue weighted by Crippen LogP contribution is -2.46. The maximum atomic E-state index is 12.2.